The third kappa shape index (κ3) is 1.77. The van der Waals surface area contributed by atoms with Crippen molar-refractivity contribution in [1.29, 1.82) is 0 Å². The van der Waals surface area contributed by atoms with E-state index in [1.807, 2.05) is 6.92 Å². The van der Waals surface area contributed by atoms with Gasteiger partial charge in [-0.3, -0.25) is 0 Å². The zero-order valence-corrected chi connectivity index (χ0v) is 7.25. The minimum absolute atomic E-state index is 0.145. The average molecular weight is 174 g/mol. The lowest BCUT2D eigenvalue weighted by molar-refractivity contribution is -0.191. The van der Waals surface area contributed by atoms with Gasteiger partial charge >= 0.3 is 0 Å². The molecule has 0 radical (unpaired) electrons. The highest BCUT2D eigenvalue weighted by Crippen LogP contribution is 2.26. The summed E-state index contributed by atoms with van der Waals surface area (Å²) in [6.07, 6.45) is 0.514. The van der Waals surface area contributed by atoms with Crippen LogP contribution in [0, 0.1) is 0 Å². The first-order valence-corrected chi connectivity index (χ1v) is 4.30. The molecule has 2 rings (SSSR count). The SMILES string of the molecule is CC1(CC2OCCO2)OCCO1. The Morgan fingerprint density at radius 2 is 1.67 bits per heavy atom. The van der Waals surface area contributed by atoms with Crippen molar-refractivity contribution in [3.05, 3.63) is 0 Å². The lowest BCUT2D eigenvalue weighted by atomic mass is 10.2. The Kier molecular flexibility index (Phi) is 2.32. The molecule has 0 bridgehead atoms. The molecule has 4 heteroatoms. The van der Waals surface area contributed by atoms with Gasteiger partial charge < -0.3 is 18.9 Å². The molecule has 0 atom stereocenters. The van der Waals surface area contributed by atoms with Gasteiger partial charge in [0.25, 0.3) is 0 Å². The van der Waals surface area contributed by atoms with E-state index in [-0.39, 0.29) is 6.29 Å². The van der Waals surface area contributed by atoms with Crippen LogP contribution < -0.4 is 0 Å². The molecule has 0 aromatic rings. The van der Waals surface area contributed by atoms with E-state index in [2.05, 4.69) is 0 Å². The summed E-state index contributed by atoms with van der Waals surface area (Å²) in [4.78, 5) is 0. The molecular weight excluding hydrogens is 160 g/mol. The molecule has 0 aromatic carbocycles. The molecule has 2 aliphatic heterocycles. The first-order valence-electron chi connectivity index (χ1n) is 4.30. The van der Waals surface area contributed by atoms with E-state index < -0.39 is 5.79 Å². The van der Waals surface area contributed by atoms with Gasteiger partial charge in [-0.1, -0.05) is 0 Å². The first-order chi connectivity index (χ1) is 5.79. The number of hydrogen-bond acceptors (Lipinski definition) is 4. The van der Waals surface area contributed by atoms with Crippen LogP contribution in [0.2, 0.25) is 0 Å². The minimum Gasteiger partial charge on any atom is -0.350 e. The second kappa shape index (κ2) is 3.30. The van der Waals surface area contributed by atoms with Crippen molar-refractivity contribution >= 4 is 0 Å². The second-order valence-electron chi connectivity index (χ2n) is 3.21. The van der Waals surface area contributed by atoms with Gasteiger partial charge in [-0.15, -0.1) is 0 Å². The van der Waals surface area contributed by atoms with Crippen LogP contribution in [0.25, 0.3) is 0 Å². The van der Waals surface area contributed by atoms with Crippen LogP contribution in [0.5, 0.6) is 0 Å². The van der Waals surface area contributed by atoms with Crippen molar-refractivity contribution in [2.45, 2.75) is 25.4 Å². The highest BCUT2D eigenvalue weighted by atomic mass is 16.8. The Hall–Kier alpha value is -0.160. The maximum absolute atomic E-state index is 5.42. The summed E-state index contributed by atoms with van der Waals surface area (Å²) in [6, 6.07) is 0. The predicted molar refractivity (Wildman–Crippen MR) is 40.6 cm³/mol. The van der Waals surface area contributed by atoms with Crippen molar-refractivity contribution in [3.63, 3.8) is 0 Å². The van der Waals surface area contributed by atoms with Gasteiger partial charge in [-0.25, -0.2) is 0 Å². The molecule has 2 saturated heterocycles. The normalized spacial score (nSPS) is 29.8. The summed E-state index contributed by atoms with van der Waals surface area (Å²) >= 11 is 0. The smallest absolute Gasteiger partial charge is 0.170 e. The van der Waals surface area contributed by atoms with E-state index in [9.17, 15) is 0 Å². The number of hydrogen-bond donors (Lipinski definition) is 0. The van der Waals surface area contributed by atoms with Crippen molar-refractivity contribution in [3.8, 4) is 0 Å². The monoisotopic (exact) mass is 174 g/mol. The van der Waals surface area contributed by atoms with Crippen LogP contribution in [0.3, 0.4) is 0 Å². The Morgan fingerprint density at radius 1 is 1.08 bits per heavy atom. The lowest BCUT2D eigenvalue weighted by Gasteiger charge is -2.24. The van der Waals surface area contributed by atoms with Gasteiger partial charge in [0.15, 0.2) is 12.1 Å². The van der Waals surface area contributed by atoms with E-state index in [4.69, 9.17) is 18.9 Å². The standard InChI is InChI=1S/C8H14O4/c1-8(11-4-5-12-8)6-7-9-2-3-10-7/h7H,2-6H2,1H3. The average Bonchev–Trinajstić information content (AvgIpc) is 2.62. The van der Waals surface area contributed by atoms with Gasteiger partial charge in [-0.2, -0.15) is 0 Å². The second-order valence-corrected chi connectivity index (χ2v) is 3.21. The van der Waals surface area contributed by atoms with E-state index >= 15 is 0 Å². The molecule has 0 amide bonds. The van der Waals surface area contributed by atoms with Crippen molar-refractivity contribution in [1.82, 2.24) is 0 Å². The first kappa shape index (κ1) is 8.44. The van der Waals surface area contributed by atoms with Crippen LogP contribution in [-0.2, 0) is 18.9 Å². The molecule has 12 heavy (non-hydrogen) atoms. The molecule has 2 heterocycles. The fraction of sp³-hybridized carbons (Fsp3) is 1.00. The fourth-order valence-corrected chi connectivity index (χ4v) is 1.50. The molecule has 2 fully saturated rings. The lowest BCUT2D eigenvalue weighted by Crippen LogP contribution is -2.31. The highest BCUT2D eigenvalue weighted by Gasteiger charge is 2.35. The minimum atomic E-state index is -0.491. The summed E-state index contributed by atoms with van der Waals surface area (Å²) in [5.41, 5.74) is 0. The summed E-state index contributed by atoms with van der Waals surface area (Å²) in [5.74, 6) is -0.491. The number of ether oxygens (including phenoxy) is 4. The van der Waals surface area contributed by atoms with Crippen molar-refractivity contribution < 1.29 is 18.9 Å². The van der Waals surface area contributed by atoms with Gasteiger partial charge in [0.2, 0.25) is 0 Å². The molecule has 70 valence electrons. The summed E-state index contributed by atoms with van der Waals surface area (Å²) in [7, 11) is 0. The zero-order chi connectivity index (χ0) is 8.44. The molecule has 0 aliphatic carbocycles. The van der Waals surface area contributed by atoms with Crippen LogP contribution in [-0.4, -0.2) is 38.5 Å². The zero-order valence-electron chi connectivity index (χ0n) is 7.25. The molecule has 0 N–H and O–H groups in total. The topological polar surface area (TPSA) is 36.9 Å². The Labute approximate surface area is 71.7 Å². The highest BCUT2D eigenvalue weighted by molar-refractivity contribution is 4.71. The molecule has 0 spiro atoms. The number of rotatable bonds is 2. The molecular formula is C8H14O4. The van der Waals surface area contributed by atoms with E-state index in [1.165, 1.54) is 0 Å². The quantitative estimate of drug-likeness (QED) is 0.611. The van der Waals surface area contributed by atoms with Crippen LogP contribution in [0.15, 0.2) is 0 Å². The van der Waals surface area contributed by atoms with Gasteiger partial charge in [0.1, 0.15) is 0 Å². The van der Waals surface area contributed by atoms with E-state index in [0.29, 0.717) is 32.8 Å². The van der Waals surface area contributed by atoms with Gasteiger partial charge in [0, 0.05) is 0 Å². The Bertz CT molecular complexity index is 147. The maximum Gasteiger partial charge on any atom is 0.170 e. The van der Waals surface area contributed by atoms with Gasteiger partial charge in [0.05, 0.1) is 32.8 Å². The Morgan fingerprint density at radius 3 is 2.25 bits per heavy atom. The van der Waals surface area contributed by atoms with Crippen molar-refractivity contribution in [2.24, 2.45) is 0 Å². The predicted octanol–water partition coefficient (Wildman–Crippen LogP) is 0.512. The largest absolute Gasteiger partial charge is 0.350 e. The van der Waals surface area contributed by atoms with E-state index in [0.717, 1.165) is 0 Å². The Balaban J connectivity index is 1.83. The molecule has 2 aliphatic rings. The maximum atomic E-state index is 5.42. The van der Waals surface area contributed by atoms with Crippen LogP contribution in [0.1, 0.15) is 13.3 Å². The molecule has 0 saturated carbocycles. The third-order valence-electron chi connectivity index (χ3n) is 2.13. The summed E-state index contributed by atoms with van der Waals surface area (Å²) in [5, 5.41) is 0. The molecule has 0 unspecified atom stereocenters. The summed E-state index contributed by atoms with van der Waals surface area (Å²) < 4.78 is 21.4. The molecule has 4 nitrogen and oxygen atoms in total. The van der Waals surface area contributed by atoms with E-state index in [1.54, 1.807) is 0 Å². The summed E-state index contributed by atoms with van der Waals surface area (Å²) in [6.45, 7) is 4.62. The molecule has 0 aromatic heterocycles. The van der Waals surface area contributed by atoms with Crippen molar-refractivity contribution in [2.75, 3.05) is 26.4 Å². The van der Waals surface area contributed by atoms with Gasteiger partial charge in [-0.05, 0) is 6.92 Å². The fourth-order valence-electron chi connectivity index (χ4n) is 1.50. The van der Waals surface area contributed by atoms with Crippen LogP contribution in [0.4, 0.5) is 0 Å². The van der Waals surface area contributed by atoms with Crippen LogP contribution >= 0.6 is 0 Å². The third-order valence-corrected chi connectivity index (χ3v) is 2.13.